The number of amides is 1. The second kappa shape index (κ2) is 6.10. The number of benzene rings is 2. The second-order valence-electron chi connectivity index (χ2n) is 4.53. The molecule has 0 aromatic heterocycles. The van der Waals surface area contributed by atoms with E-state index in [0.717, 1.165) is 18.4 Å². The van der Waals surface area contributed by atoms with Crippen LogP contribution < -0.4 is 10.0 Å². The lowest BCUT2D eigenvalue weighted by atomic mass is 10.2. The van der Waals surface area contributed by atoms with E-state index in [1.807, 2.05) is 0 Å². The summed E-state index contributed by atoms with van der Waals surface area (Å²) in [4.78, 5) is 12.0. The van der Waals surface area contributed by atoms with E-state index in [2.05, 4.69) is 10.0 Å². The monoisotopic (exact) mass is 326 g/mol. The molecular weight excluding hydrogens is 314 g/mol. The quantitative estimate of drug-likeness (QED) is 0.907. The highest BCUT2D eigenvalue weighted by Crippen LogP contribution is 2.17. The molecular formula is C14H12F2N2O3S. The molecule has 8 heteroatoms. The van der Waals surface area contributed by atoms with Crippen LogP contribution in [-0.4, -0.2) is 20.6 Å². The molecule has 0 aliphatic carbocycles. The molecule has 0 radical (unpaired) electrons. The van der Waals surface area contributed by atoms with Gasteiger partial charge in [-0.25, -0.2) is 17.2 Å². The van der Waals surface area contributed by atoms with E-state index in [1.54, 1.807) is 0 Å². The molecule has 2 N–H and O–H groups in total. The average molecular weight is 326 g/mol. The Balaban J connectivity index is 2.21. The van der Waals surface area contributed by atoms with Crippen LogP contribution in [0.4, 0.5) is 20.2 Å². The van der Waals surface area contributed by atoms with Gasteiger partial charge in [-0.3, -0.25) is 9.52 Å². The van der Waals surface area contributed by atoms with Crippen molar-refractivity contribution in [1.29, 1.82) is 0 Å². The van der Waals surface area contributed by atoms with E-state index < -0.39 is 27.6 Å². The average Bonchev–Trinajstić information content (AvgIpc) is 2.40. The fourth-order valence-corrected chi connectivity index (χ4v) is 2.28. The highest BCUT2D eigenvalue weighted by molar-refractivity contribution is 7.92. The Bertz CT molecular complexity index is 823. The maximum atomic E-state index is 13.5. The first-order valence-electron chi connectivity index (χ1n) is 6.09. The number of nitrogens with one attached hydrogen (secondary N) is 2. The number of halogens is 2. The van der Waals surface area contributed by atoms with Crippen molar-refractivity contribution >= 4 is 27.3 Å². The SMILES string of the molecule is CS(=O)(=O)Nc1cccc(C(=O)Nc2ccc(F)cc2F)c1. The van der Waals surface area contributed by atoms with Crippen molar-refractivity contribution < 1.29 is 22.0 Å². The van der Waals surface area contributed by atoms with Crippen LogP contribution in [0.3, 0.4) is 0 Å². The molecule has 0 unspecified atom stereocenters. The van der Waals surface area contributed by atoms with Gasteiger partial charge in [0.2, 0.25) is 10.0 Å². The van der Waals surface area contributed by atoms with Gasteiger partial charge in [-0.1, -0.05) is 6.07 Å². The van der Waals surface area contributed by atoms with Gasteiger partial charge >= 0.3 is 0 Å². The second-order valence-corrected chi connectivity index (χ2v) is 6.28. The van der Waals surface area contributed by atoms with Crippen molar-refractivity contribution in [2.45, 2.75) is 0 Å². The summed E-state index contributed by atoms with van der Waals surface area (Å²) in [7, 11) is -3.47. The van der Waals surface area contributed by atoms with E-state index in [9.17, 15) is 22.0 Å². The Labute approximate surface area is 126 Å². The molecule has 0 heterocycles. The van der Waals surface area contributed by atoms with Crippen LogP contribution in [0.1, 0.15) is 10.4 Å². The van der Waals surface area contributed by atoms with E-state index >= 15 is 0 Å². The lowest BCUT2D eigenvalue weighted by molar-refractivity contribution is 0.102. The summed E-state index contributed by atoms with van der Waals surface area (Å²) >= 11 is 0. The minimum absolute atomic E-state index is 0.123. The standard InChI is InChI=1S/C14H12F2N2O3S/c1-22(20,21)18-11-4-2-3-9(7-11)14(19)17-13-6-5-10(15)8-12(13)16/h2-8,18H,1H3,(H,17,19). The third-order valence-corrected chi connectivity index (χ3v) is 3.21. The van der Waals surface area contributed by atoms with Crippen LogP contribution >= 0.6 is 0 Å². The number of sulfonamides is 1. The van der Waals surface area contributed by atoms with Crippen molar-refractivity contribution in [3.8, 4) is 0 Å². The van der Waals surface area contributed by atoms with Crippen LogP contribution in [0.25, 0.3) is 0 Å². The molecule has 116 valence electrons. The molecule has 0 saturated heterocycles. The summed E-state index contributed by atoms with van der Waals surface area (Å²) in [6.45, 7) is 0. The molecule has 22 heavy (non-hydrogen) atoms. The smallest absolute Gasteiger partial charge is 0.255 e. The zero-order valence-electron chi connectivity index (χ0n) is 11.4. The summed E-state index contributed by atoms with van der Waals surface area (Å²) < 4.78 is 50.8. The van der Waals surface area contributed by atoms with Crippen LogP contribution in [-0.2, 0) is 10.0 Å². The Morgan fingerprint density at radius 1 is 1.09 bits per heavy atom. The first kappa shape index (κ1) is 15.9. The summed E-state index contributed by atoms with van der Waals surface area (Å²) in [6.07, 6.45) is 0.980. The third-order valence-electron chi connectivity index (χ3n) is 2.61. The molecule has 2 aromatic rings. The van der Waals surface area contributed by atoms with Gasteiger partial charge < -0.3 is 5.32 Å². The number of rotatable bonds is 4. The molecule has 0 saturated carbocycles. The molecule has 1 amide bonds. The largest absolute Gasteiger partial charge is 0.319 e. The van der Waals surface area contributed by atoms with E-state index in [-0.39, 0.29) is 16.9 Å². The summed E-state index contributed by atoms with van der Waals surface area (Å²) in [5.74, 6) is -2.31. The predicted octanol–water partition coefficient (Wildman–Crippen LogP) is 2.59. The van der Waals surface area contributed by atoms with Gasteiger partial charge in [-0.15, -0.1) is 0 Å². The lowest BCUT2D eigenvalue weighted by Crippen LogP contribution is -2.14. The number of hydrogen-bond donors (Lipinski definition) is 2. The first-order valence-corrected chi connectivity index (χ1v) is 7.98. The Kier molecular flexibility index (Phi) is 4.41. The zero-order valence-corrected chi connectivity index (χ0v) is 12.2. The summed E-state index contributed by atoms with van der Waals surface area (Å²) in [5.41, 5.74) is 0.153. The molecule has 2 rings (SSSR count). The predicted molar refractivity (Wildman–Crippen MR) is 79.2 cm³/mol. The highest BCUT2D eigenvalue weighted by atomic mass is 32.2. The fourth-order valence-electron chi connectivity index (χ4n) is 1.72. The zero-order chi connectivity index (χ0) is 16.3. The van der Waals surface area contributed by atoms with E-state index in [0.29, 0.717) is 6.07 Å². The van der Waals surface area contributed by atoms with Crippen LogP contribution in [0.15, 0.2) is 42.5 Å². The van der Waals surface area contributed by atoms with Gasteiger partial charge in [0.25, 0.3) is 5.91 Å². The summed E-state index contributed by atoms with van der Waals surface area (Å²) in [5, 5.41) is 2.29. The Morgan fingerprint density at radius 3 is 2.45 bits per heavy atom. The fraction of sp³-hybridized carbons (Fsp3) is 0.0714. The molecule has 0 spiro atoms. The van der Waals surface area contributed by atoms with Crippen molar-refractivity contribution in [2.24, 2.45) is 0 Å². The maximum absolute atomic E-state index is 13.5. The van der Waals surface area contributed by atoms with Gasteiger partial charge in [-0.05, 0) is 30.3 Å². The van der Waals surface area contributed by atoms with Crippen LogP contribution in [0.2, 0.25) is 0 Å². The van der Waals surface area contributed by atoms with Crippen molar-refractivity contribution in [2.75, 3.05) is 16.3 Å². The van der Waals surface area contributed by atoms with Gasteiger partial charge in [0.1, 0.15) is 11.6 Å². The molecule has 5 nitrogen and oxygen atoms in total. The molecule has 0 fully saturated rings. The number of anilines is 2. The van der Waals surface area contributed by atoms with Gasteiger partial charge in [0, 0.05) is 17.3 Å². The molecule has 0 aliphatic heterocycles. The van der Waals surface area contributed by atoms with Gasteiger partial charge in [-0.2, -0.15) is 0 Å². The van der Waals surface area contributed by atoms with E-state index in [1.165, 1.54) is 24.3 Å². The van der Waals surface area contributed by atoms with E-state index in [4.69, 9.17) is 0 Å². The molecule has 2 aromatic carbocycles. The lowest BCUT2D eigenvalue weighted by Gasteiger charge is -2.08. The van der Waals surface area contributed by atoms with Gasteiger partial charge in [0.05, 0.1) is 11.9 Å². The highest BCUT2D eigenvalue weighted by Gasteiger charge is 2.11. The normalized spacial score (nSPS) is 11.0. The number of carbonyl (C=O) groups is 1. The molecule has 0 atom stereocenters. The van der Waals surface area contributed by atoms with Crippen molar-refractivity contribution in [3.05, 3.63) is 59.7 Å². The third kappa shape index (κ3) is 4.26. The summed E-state index contributed by atoms with van der Waals surface area (Å²) in [6, 6.07) is 8.44. The van der Waals surface area contributed by atoms with Crippen LogP contribution in [0.5, 0.6) is 0 Å². The van der Waals surface area contributed by atoms with Crippen molar-refractivity contribution in [3.63, 3.8) is 0 Å². The maximum Gasteiger partial charge on any atom is 0.255 e. The number of carbonyl (C=O) groups excluding carboxylic acids is 1. The van der Waals surface area contributed by atoms with Crippen molar-refractivity contribution in [1.82, 2.24) is 0 Å². The van der Waals surface area contributed by atoms with Gasteiger partial charge in [0.15, 0.2) is 0 Å². The number of hydrogen-bond acceptors (Lipinski definition) is 3. The topological polar surface area (TPSA) is 75.3 Å². The molecule has 0 bridgehead atoms. The minimum atomic E-state index is -3.47. The molecule has 0 aliphatic rings. The first-order chi connectivity index (χ1) is 10.2. The van der Waals surface area contributed by atoms with Crippen LogP contribution in [0, 0.1) is 11.6 Å². The Morgan fingerprint density at radius 2 is 1.82 bits per heavy atom. The Hall–Kier alpha value is -2.48. The minimum Gasteiger partial charge on any atom is -0.319 e.